The Morgan fingerprint density at radius 3 is 2.39 bits per heavy atom. The fraction of sp³-hybridized carbons (Fsp3) is 0.0435. The smallest absolute Gasteiger partial charge is 0.335 e. The van der Waals surface area contributed by atoms with Crippen LogP contribution >= 0.6 is 11.6 Å². The highest BCUT2D eigenvalue weighted by atomic mass is 35.5. The highest BCUT2D eigenvalue weighted by molar-refractivity contribution is 6.31. The number of carbonyl (C=O) groups excluding carboxylic acids is 1. The normalized spacial score (nSPS) is 10.8. The molecule has 0 aliphatic heterocycles. The molecule has 0 atom stereocenters. The van der Waals surface area contributed by atoms with Crippen molar-refractivity contribution in [3.8, 4) is 11.3 Å². The third-order valence-corrected chi connectivity index (χ3v) is 5.06. The van der Waals surface area contributed by atoms with Crippen LogP contribution in [-0.2, 0) is 0 Å². The molecule has 0 radical (unpaired) electrons. The molecule has 1 amide bonds. The highest BCUT2D eigenvalue weighted by Crippen LogP contribution is 2.31. The van der Waals surface area contributed by atoms with Crippen molar-refractivity contribution in [1.29, 1.82) is 0 Å². The van der Waals surface area contributed by atoms with E-state index in [4.69, 9.17) is 22.4 Å². The molecule has 154 valence electrons. The van der Waals surface area contributed by atoms with Gasteiger partial charge in [-0.15, -0.1) is 0 Å². The van der Waals surface area contributed by atoms with Gasteiger partial charge in [0, 0.05) is 27.2 Å². The van der Waals surface area contributed by atoms with Gasteiger partial charge in [-0.3, -0.25) is 4.79 Å². The number of nitrogens with two attached hydrogens (primary N) is 1. The first kappa shape index (κ1) is 20.3. The van der Waals surface area contributed by atoms with E-state index in [9.17, 15) is 9.59 Å². The van der Waals surface area contributed by atoms with Gasteiger partial charge in [0.15, 0.2) is 0 Å². The number of amides is 1. The summed E-state index contributed by atoms with van der Waals surface area (Å²) in [7, 11) is 0. The molecule has 1 aromatic heterocycles. The largest absolute Gasteiger partial charge is 0.478 e. The molecule has 1 heterocycles. The van der Waals surface area contributed by atoms with Crippen molar-refractivity contribution in [2.75, 3.05) is 11.1 Å². The number of nitrogens with zero attached hydrogens (tertiary/aromatic N) is 2. The number of hydrogen-bond donors (Lipinski definition) is 3. The van der Waals surface area contributed by atoms with E-state index in [0.29, 0.717) is 27.5 Å². The molecular weight excluding hydrogens is 416 g/mol. The number of fused-ring (bicyclic) bond motifs is 1. The third-order valence-electron chi connectivity index (χ3n) is 4.83. The zero-order valence-electron chi connectivity index (χ0n) is 16.4. The van der Waals surface area contributed by atoms with Crippen molar-refractivity contribution in [2.24, 2.45) is 0 Å². The molecule has 0 fully saturated rings. The predicted octanol–water partition coefficient (Wildman–Crippen LogP) is 4.79. The van der Waals surface area contributed by atoms with Crippen LogP contribution in [0.25, 0.3) is 22.2 Å². The summed E-state index contributed by atoms with van der Waals surface area (Å²) in [6, 6.07) is 16.6. The molecule has 0 bridgehead atoms. The maximum absolute atomic E-state index is 12.7. The summed E-state index contributed by atoms with van der Waals surface area (Å²) < 4.78 is 0. The first-order valence-corrected chi connectivity index (χ1v) is 9.68. The Labute approximate surface area is 182 Å². The Morgan fingerprint density at radius 2 is 1.68 bits per heavy atom. The number of halogens is 1. The number of carboxylic acid groups (broad SMARTS) is 1. The number of aryl methyl sites for hydroxylation is 1. The lowest BCUT2D eigenvalue weighted by Gasteiger charge is -2.12. The lowest BCUT2D eigenvalue weighted by Crippen LogP contribution is -2.13. The number of benzene rings is 3. The van der Waals surface area contributed by atoms with Crippen molar-refractivity contribution in [3.63, 3.8) is 0 Å². The fourth-order valence-electron chi connectivity index (χ4n) is 3.20. The quantitative estimate of drug-likeness (QED) is 0.426. The third kappa shape index (κ3) is 4.17. The molecule has 0 spiro atoms. The van der Waals surface area contributed by atoms with Crippen LogP contribution in [0, 0.1) is 6.92 Å². The molecule has 31 heavy (non-hydrogen) atoms. The number of carbonyl (C=O) groups is 2. The Kier molecular flexibility index (Phi) is 5.27. The number of nitrogens with one attached hydrogen (secondary N) is 1. The van der Waals surface area contributed by atoms with Gasteiger partial charge in [0.2, 0.25) is 5.95 Å². The van der Waals surface area contributed by atoms with E-state index in [1.54, 1.807) is 24.3 Å². The van der Waals surface area contributed by atoms with E-state index >= 15 is 0 Å². The summed E-state index contributed by atoms with van der Waals surface area (Å²) >= 11 is 6.16. The van der Waals surface area contributed by atoms with Crippen LogP contribution in [0.3, 0.4) is 0 Å². The van der Waals surface area contributed by atoms with Gasteiger partial charge in [0.1, 0.15) is 0 Å². The monoisotopic (exact) mass is 432 g/mol. The Morgan fingerprint density at radius 1 is 0.968 bits per heavy atom. The molecule has 0 unspecified atom stereocenters. The van der Waals surface area contributed by atoms with E-state index in [1.807, 2.05) is 19.1 Å². The second kappa shape index (κ2) is 8.04. The van der Waals surface area contributed by atoms with Crippen molar-refractivity contribution >= 4 is 46.0 Å². The fourth-order valence-corrected chi connectivity index (χ4v) is 3.37. The Balaban J connectivity index is 1.71. The van der Waals surface area contributed by atoms with Gasteiger partial charge >= 0.3 is 5.97 Å². The zero-order valence-corrected chi connectivity index (χ0v) is 17.1. The topological polar surface area (TPSA) is 118 Å². The highest BCUT2D eigenvalue weighted by Gasteiger charge is 2.14. The van der Waals surface area contributed by atoms with Gasteiger partial charge in [0.25, 0.3) is 5.91 Å². The summed E-state index contributed by atoms with van der Waals surface area (Å²) in [6.45, 7) is 1.87. The predicted molar refractivity (Wildman–Crippen MR) is 120 cm³/mol. The Bertz CT molecular complexity index is 1340. The molecule has 0 saturated heterocycles. The average Bonchev–Trinajstić information content (AvgIpc) is 2.75. The van der Waals surface area contributed by atoms with Crippen molar-refractivity contribution < 1.29 is 14.7 Å². The zero-order chi connectivity index (χ0) is 22.1. The standard InChI is InChI=1S/C23H17ClN4O3/c1-12-2-3-15(20-17-11-16(24)8-9-18(17)27-23(25)28-20)10-19(12)26-21(29)13-4-6-14(7-5-13)22(30)31/h2-11H,1H3,(H,26,29)(H,30,31)(H2,25,27,28). The maximum atomic E-state index is 12.7. The van der Waals surface area contributed by atoms with E-state index in [0.717, 1.165) is 16.5 Å². The van der Waals surface area contributed by atoms with Crippen LogP contribution in [0.4, 0.5) is 11.6 Å². The number of nitrogen functional groups attached to an aromatic ring is 1. The molecule has 4 rings (SSSR count). The number of carboxylic acids is 1. The van der Waals surface area contributed by atoms with Crippen molar-refractivity contribution in [3.05, 3.63) is 82.4 Å². The number of rotatable bonds is 4. The van der Waals surface area contributed by atoms with Crippen LogP contribution in [0.1, 0.15) is 26.3 Å². The van der Waals surface area contributed by atoms with Gasteiger partial charge in [-0.25, -0.2) is 14.8 Å². The van der Waals surface area contributed by atoms with E-state index < -0.39 is 5.97 Å². The SMILES string of the molecule is Cc1ccc(-c2nc(N)nc3ccc(Cl)cc23)cc1NC(=O)c1ccc(C(=O)O)cc1. The molecule has 7 nitrogen and oxygen atoms in total. The number of aromatic carboxylic acids is 1. The molecule has 3 aromatic carbocycles. The lowest BCUT2D eigenvalue weighted by molar-refractivity contribution is 0.0696. The molecule has 0 saturated carbocycles. The molecule has 0 aliphatic carbocycles. The van der Waals surface area contributed by atoms with Crippen molar-refractivity contribution in [1.82, 2.24) is 9.97 Å². The minimum atomic E-state index is -1.05. The minimum Gasteiger partial charge on any atom is -0.478 e. The van der Waals surface area contributed by atoms with Crippen LogP contribution in [0.15, 0.2) is 60.7 Å². The Hall–Kier alpha value is -3.97. The second-order valence-corrected chi connectivity index (χ2v) is 7.39. The van der Waals surface area contributed by atoms with E-state index in [2.05, 4.69) is 15.3 Å². The summed E-state index contributed by atoms with van der Waals surface area (Å²) in [5, 5.41) is 13.2. The number of anilines is 2. The average molecular weight is 433 g/mol. The van der Waals surface area contributed by atoms with Crippen LogP contribution < -0.4 is 11.1 Å². The summed E-state index contributed by atoms with van der Waals surface area (Å²) in [4.78, 5) is 32.3. The van der Waals surface area contributed by atoms with Gasteiger partial charge < -0.3 is 16.2 Å². The molecule has 4 N–H and O–H groups in total. The van der Waals surface area contributed by atoms with Crippen LogP contribution in [0.2, 0.25) is 5.02 Å². The summed E-state index contributed by atoms with van der Waals surface area (Å²) in [5.41, 5.74) is 9.80. The van der Waals surface area contributed by atoms with E-state index in [-0.39, 0.29) is 17.4 Å². The minimum absolute atomic E-state index is 0.113. The second-order valence-electron chi connectivity index (χ2n) is 6.96. The van der Waals surface area contributed by atoms with E-state index in [1.165, 1.54) is 24.3 Å². The maximum Gasteiger partial charge on any atom is 0.335 e. The van der Waals surface area contributed by atoms with Gasteiger partial charge in [-0.2, -0.15) is 0 Å². The van der Waals surface area contributed by atoms with Gasteiger partial charge in [-0.05, 0) is 61.0 Å². The molecule has 0 aliphatic rings. The molecular formula is C23H17ClN4O3. The van der Waals surface area contributed by atoms with Crippen LogP contribution in [-0.4, -0.2) is 27.0 Å². The summed E-state index contributed by atoms with van der Waals surface area (Å²) in [6.07, 6.45) is 0. The van der Waals surface area contributed by atoms with Gasteiger partial charge in [0.05, 0.1) is 16.8 Å². The summed E-state index contributed by atoms with van der Waals surface area (Å²) in [5.74, 6) is -1.27. The first-order chi connectivity index (χ1) is 14.8. The molecule has 4 aromatic rings. The van der Waals surface area contributed by atoms with Gasteiger partial charge in [-0.1, -0.05) is 23.7 Å². The molecule has 8 heteroatoms. The lowest BCUT2D eigenvalue weighted by atomic mass is 10.0. The van der Waals surface area contributed by atoms with Crippen molar-refractivity contribution in [2.45, 2.75) is 6.92 Å². The first-order valence-electron chi connectivity index (χ1n) is 9.30. The number of hydrogen-bond acceptors (Lipinski definition) is 5. The van der Waals surface area contributed by atoms with Crippen LogP contribution in [0.5, 0.6) is 0 Å². The number of aromatic nitrogens is 2.